The van der Waals surface area contributed by atoms with Gasteiger partial charge in [-0.25, -0.2) is 4.39 Å². The van der Waals surface area contributed by atoms with Crippen molar-refractivity contribution in [2.24, 2.45) is 11.7 Å². The van der Waals surface area contributed by atoms with Crippen LogP contribution in [0.25, 0.3) is 0 Å². The maximum atomic E-state index is 13.8. The summed E-state index contributed by atoms with van der Waals surface area (Å²) in [5.74, 6) is 0.241. The largest absolute Gasteiger partial charge is 0.334 e. The summed E-state index contributed by atoms with van der Waals surface area (Å²) >= 11 is 0. The predicted octanol–water partition coefficient (Wildman–Crippen LogP) is 2.78. The maximum Gasteiger partial charge on any atom is 0.223 e. The fourth-order valence-corrected chi connectivity index (χ4v) is 2.81. The molecule has 0 radical (unpaired) electrons. The summed E-state index contributed by atoms with van der Waals surface area (Å²) in [6, 6.07) is 4.81. The Morgan fingerprint density at radius 1 is 1.45 bits per heavy atom. The third-order valence-corrected chi connectivity index (χ3v) is 3.85. The van der Waals surface area contributed by atoms with E-state index in [1.807, 2.05) is 11.0 Å². The number of amides is 1. The fraction of sp³-hybridized carbons (Fsp3) is 0.562. The van der Waals surface area contributed by atoms with Gasteiger partial charge in [0.1, 0.15) is 5.82 Å². The second-order valence-corrected chi connectivity index (χ2v) is 6.10. The first-order valence-electron chi connectivity index (χ1n) is 7.21. The second kappa shape index (κ2) is 5.92. The Morgan fingerprint density at radius 3 is 2.75 bits per heavy atom. The molecule has 0 aromatic heterocycles. The summed E-state index contributed by atoms with van der Waals surface area (Å²) in [4.78, 5) is 14.0. The molecule has 0 saturated carbocycles. The molecule has 1 aromatic carbocycles. The first-order chi connectivity index (χ1) is 9.40. The number of nitrogens with zero attached hydrogens (tertiary/aromatic N) is 1. The lowest BCUT2D eigenvalue weighted by Crippen LogP contribution is -2.50. The fourth-order valence-electron chi connectivity index (χ4n) is 2.81. The zero-order chi connectivity index (χ0) is 14.9. The third-order valence-electron chi connectivity index (χ3n) is 3.85. The SMILES string of the molecule is Cc1ccc(C2C(N)CCC(=O)N2CC(C)C)cc1F. The Kier molecular flexibility index (Phi) is 4.43. The van der Waals surface area contributed by atoms with Crippen LogP contribution in [0.15, 0.2) is 18.2 Å². The van der Waals surface area contributed by atoms with Gasteiger partial charge < -0.3 is 10.6 Å². The second-order valence-electron chi connectivity index (χ2n) is 6.10. The molecule has 4 heteroatoms. The highest BCUT2D eigenvalue weighted by Crippen LogP contribution is 2.32. The maximum absolute atomic E-state index is 13.8. The van der Waals surface area contributed by atoms with Gasteiger partial charge in [0.15, 0.2) is 0 Å². The van der Waals surface area contributed by atoms with Crippen molar-refractivity contribution in [2.75, 3.05) is 6.54 Å². The van der Waals surface area contributed by atoms with Gasteiger partial charge in [-0.15, -0.1) is 0 Å². The highest BCUT2D eigenvalue weighted by molar-refractivity contribution is 5.78. The van der Waals surface area contributed by atoms with Crippen LogP contribution in [0.2, 0.25) is 0 Å². The average molecular weight is 278 g/mol. The number of likely N-dealkylation sites (tertiary alicyclic amines) is 1. The lowest BCUT2D eigenvalue weighted by molar-refractivity contribution is -0.138. The molecule has 20 heavy (non-hydrogen) atoms. The zero-order valence-electron chi connectivity index (χ0n) is 12.4. The molecule has 2 N–H and O–H groups in total. The lowest BCUT2D eigenvalue weighted by Gasteiger charge is -2.41. The van der Waals surface area contributed by atoms with Crippen LogP contribution in [0.1, 0.15) is 43.9 Å². The Morgan fingerprint density at radius 2 is 2.15 bits per heavy atom. The number of benzene rings is 1. The van der Waals surface area contributed by atoms with Gasteiger partial charge in [0.25, 0.3) is 0 Å². The molecule has 110 valence electrons. The molecule has 0 aliphatic carbocycles. The van der Waals surface area contributed by atoms with Gasteiger partial charge in [0.2, 0.25) is 5.91 Å². The lowest BCUT2D eigenvalue weighted by atomic mass is 9.89. The van der Waals surface area contributed by atoms with Crippen molar-refractivity contribution in [3.05, 3.63) is 35.1 Å². The average Bonchev–Trinajstić information content (AvgIpc) is 2.37. The van der Waals surface area contributed by atoms with Crippen molar-refractivity contribution in [1.82, 2.24) is 4.90 Å². The number of halogens is 1. The van der Waals surface area contributed by atoms with Crippen LogP contribution in [-0.4, -0.2) is 23.4 Å². The van der Waals surface area contributed by atoms with E-state index in [9.17, 15) is 9.18 Å². The van der Waals surface area contributed by atoms with Gasteiger partial charge in [-0.05, 0) is 36.5 Å². The van der Waals surface area contributed by atoms with Crippen molar-refractivity contribution in [2.45, 2.75) is 45.7 Å². The topological polar surface area (TPSA) is 46.3 Å². The van der Waals surface area contributed by atoms with Gasteiger partial charge in [0.05, 0.1) is 6.04 Å². The third kappa shape index (κ3) is 3.01. The monoisotopic (exact) mass is 278 g/mol. The van der Waals surface area contributed by atoms with E-state index in [-0.39, 0.29) is 23.8 Å². The minimum absolute atomic E-state index is 0.117. The van der Waals surface area contributed by atoms with Crippen molar-refractivity contribution in [1.29, 1.82) is 0 Å². The van der Waals surface area contributed by atoms with Gasteiger partial charge in [-0.3, -0.25) is 4.79 Å². The molecular formula is C16H23FN2O. The molecule has 2 unspecified atom stereocenters. The molecule has 1 amide bonds. The van der Waals surface area contributed by atoms with Crippen LogP contribution in [0.4, 0.5) is 4.39 Å². The number of rotatable bonds is 3. The molecule has 0 spiro atoms. The molecule has 1 saturated heterocycles. The molecule has 3 nitrogen and oxygen atoms in total. The van der Waals surface area contributed by atoms with E-state index < -0.39 is 0 Å². The van der Waals surface area contributed by atoms with Crippen LogP contribution in [0.3, 0.4) is 0 Å². The Hall–Kier alpha value is -1.42. The van der Waals surface area contributed by atoms with Crippen molar-refractivity contribution in [3.63, 3.8) is 0 Å². The number of hydrogen-bond donors (Lipinski definition) is 1. The van der Waals surface area contributed by atoms with Crippen LogP contribution < -0.4 is 5.73 Å². The first-order valence-corrected chi connectivity index (χ1v) is 7.21. The molecule has 1 fully saturated rings. The zero-order valence-corrected chi connectivity index (χ0v) is 12.4. The van der Waals surface area contributed by atoms with E-state index in [1.165, 1.54) is 6.07 Å². The van der Waals surface area contributed by atoms with E-state index >= 15 is 0 Å². The summed E-state index contributed by atoms with van der Waals surface area (Å²) in [7, 11) is 0. The molecule has 1 heterocycles. The molecule has 2 rings (SSSR count). The van der Waals surface area contributed by atoms with Crippen molar-refractivity contribution in [3.8, 4) is 0 Å². The molecule has 2 atom stereocenters. The number of aryl methyl sites for hydroxylation is 1. The van der Waals surface area contributed by atoms with Gasteiger partial charge in [0, 0.05) is 19.0 Å². The van der Waals surface area contributed by atoms with Crippen LogP contribution >= 0.6 is 0 Å². The van der Waals surface area contributed by atoms with Crippen LogP contribution in [0, 0.1) is 18.7 Å². The van der Waals surface area contributed by atoms with Gasteiger partial charge >= 0.3 is 0 Å². The molecule has 1 aliphatic rings. The van der Waals surface area contributed by atoms with Crippen LogP contribution in [0.5, 0.6) is 0 Å². The summed E-state index contributed by atoms with van der Waals surface area (Å²) in [5.41, 5.74) is 7.62. The number of carbonyl (C=O) groups excluding carboxylic acids is 1. The summed E-state index contributed by atoms with van der Waals surface area (Å²) in [6.45, 7) is 6.53. The van der Waals surface area contributed by atoms with E-state index in [1.54, 1.807) is 13.0 Å². The van der Waals surface area contributed by atoms with E-state index in [0.717, 1.165) is 5.56 Å². The summed E-state index contributed by atoms with van der Waals surface area (Å²) < 4.78 is 13.8. The summed E-state index contributed by atoms with van der Waals surface area (Å²) in [6.07, 6.45) is 1.15. The van der Waals surface area contributed by atoms with E-state index in [4.69, 9.17) is 5.73 Å². The summed E-state index contributed by atoms with van der Waals surface area (Å²) in [5, 5.41) is 0. The minimum Gasteiger partial charge on any atom is -0.334 e. The number of piperidine rings is 1. The van der Waals surface area contributed by atoms with E-state index in [2.05, 4.69) is 13.8 Å². The Balaban J connectivity index is 2.36. The van der Waals surface area contributed by atoms with Gasteiger partial charge in [-0.2, -0.15) is 0 Å². The standard InChI is InChI=1S/C16H23FN2O/c1-10(2)9-19-15(20)7-6-14(18)16(19)12-5-4-11(3)13(17)8-12/h4-5,8,10,14,16H,6-7,9,18H2,1-3H3. The highest BCUT2D eigenvalue weighted by atomic mass is 19.1. The predicted molar refractivity (Wildman–Crippen MR) is 77.6 cm³/mol. The van der Waals surface area contributed by atoms with Gasteiger partial charge in [-0.1, -0.05) is 26.0 Å². The smallest absolute Gasteiger partial charge is 0.223 e. The van der Waals surface area contributed by atoms with Crippen LogP contribution in [-0.2, 0) is 4.79 Å². The van der Waals surface area contributed by atoms with Crippen molar-refractivity contribution < 1.29 is 9.18 Å². The Bertz CT molecular complexity index is 501. The van der Waals surface area contributed by atoms with Crippen molar-refractivity contribution >= 4 is 5.91 Å². The minimum atomic E-state index is -0.239. The Labute approximate surface area is 120 Å². The quantitative estimate of drug-likeness (QED) is 0.924. The molecular weight excluding hydrogens is 255 g/mol. The number of carbonyl (C=O) groups is 1. The number of hydrogen-bond acceptors (Lipinski definition) is 2. The van der Waals surface area contributed by atoms with E-state index in [0.29, 0.717) is 30.9 Å². The molecule has 1 aromatic rings. The molecule has 1 aliphatic heterocycles. The highest BCUT2D eigenvalue weighted by Gasteiger charge is 2.35. The molecule has 0 bridgehead atoms. The number of nitrogens with two attached hydrogens (primary N) is 1. The first kappa shape index (κ1) is 15.0. The normalized spacial score (nSPS) is 23.5.